The largest absolute Gasteiger partial charge is 0.318 e. The van der Waals surface area contributed by atoms with Gasteiger partial charge in [-0.1, -0.05) is 152 Å². The summed E-state index contributed by atoms with van der Waals surface area (Å²) in [6, 6.07) is 66.8. The number of nitrogens with zero attached hydrogens (tertiary/aromatic N) is 2. The molecule has 0 saturated carbocycles. The Morgan fingerprint density at radius 1 is 0.364 bits per heavy atom. The fourth-order valence-corrected chi connectivity index (χ4v) is 8.69. The van der Waals surface area contributed by atoms with Gasteiger partial charge in [0.05, 0.1) is 11.1 Å². The molecule has 0 N–H and O–H groups in total. The SMILES string of the molecule is CC1(C)N=C(c2ccc(-c3ccc4c(-c5ccc6ccccc6c5)c5ccccc5c(-c5ccc6ccccc6c5)c4c3)cc2)N(c2ccccc2)C1(C)C. The van der Waals surface area contributed by atoms with Crippen molar-refractivity contribution in [2.24, 2.45) is 4.99 Å². The molecule has 0 aromatic heterocycles. The summed E-state index contributed by atoms with van der Waals surface area (Å²) in [5.41, 5.74) is 9.17. The van der Waals surface area contributed by atoms with Crippen LogP contribution in [0.1, 0.15) is 33.3 Å². The van der Waals surface area contributed by atoms with Crippen molar-refractivity contribution < 1.29 is 0 Å². The normalized spacial score (nSPS) is 14.9. The van der Waals surface area contributed by atoms with Crippen LogP contribution in [0.15, 0.2) is 187 Å². The van der Waals surface area contributed by atoms with Crippen LogP contribution in [0.25, 0.3) is 76.5 Å². The van der Waals surface area contributed by atoms with E-state index >= 15 is 0 Å². The minimum absolute atomic E-state index is 0.203. The molecule has 2 heteroatoms. The van der Waals surface area contributed by atoms with Crippen LogP contribution in [-0.2, 0) is 0 Å². The van der Waals surface area contributed by atoms with Crippen molar-refractivity contribution in [1.82, 2.24) is 0 Å². The van der Waals surface area contributed by atoms with Crippen molar-refractivity contribution >= 4 is 54.6 Å². The number of para-hydroxylation sites is 1. The van der Waals surface area contributed by atoms with Gasteiger partial charge < -0.3 is 4.90 Å². The van der Waals surface area contributed by atoms with E-state index < -0.39 is 0 Å². The number of benzene rings is 9. The van der Waals surface area contributed by atoms with Crippen molar-refractivity contribution in [1.29, 1.82) is 0 Å². The summed E-state index contributed by atoms with van der Waals surface area (Å²) >= 11 is 0. The third kappa shape index (κ3) is 5.35. The van der Waals surface area contributed by atoms with Crippen molar-refractivity contribution in [3.63, 3.8) is 0 Å². The molecule has 1 heterocycles. The predicted molar refractivity (Wildman–Crippen MR) is 236 cm³/mol. The highest BCUT2D eigenvalue weighted by atomic mass is 15.3. The van der Waals surface area contributed by atoms with Crippen molar-refractivity contribution in [3.8, 4) is 33.4 Å². The molecule has 55 heavy (non-hydrogen) atoms. The zero-order valence-corrected chi connectivity index (χ0v) is 31.7. The molecule has 0 aliphatic carbocycles. The fraction of sp³-hybridized carbons (Fsp3) is 0.113. The summed E-state index contributed by atoms with van der Waals surface area (Å²) in [4.78, 5) is 7.75. The molecule has 0 atom stereocenters. The van der Waals surface area contributed by atoms with Crippen LogP contribution in [0.3, 0.4) is 0 Å². The van der Waals surface area contributed by atoms with Crippen LogP contribution in [0.2, 0.25) is 0 Å². The lowest BCUT2D eigenvalue weighted by atomic mass is 9.83. The molecule has 0 fully saturated rings. The van der Waals surface area contributed by atoms with Gasteiger partial charge in [-0.15, -0.1) is 0 Å². The number of aliphatic imine (C=N–C) groups is 1. The third-order valence-electron chi connectivity index (χ3n) is 12.2. The minimum Gasteiger partial charge on any atom is -0.318 e. The number of rotatable bonds is 5. The molecule has 264 valence electrons. The van der Waals surface area contributed by atoms with Crippen LogP contribution in [0, 0.1) is 0 Å². The highest BCUT2D eigenvalue weighted by Crippen LogP contribution is 2.46. The van der Waals surface area contributed by atoms with E-state index in [1.54, 1.807) is 0 Å². The molecule has 10 rings (SSSR count). The summed E-state index contributed by atoms with van der Waals surface area (Å²) in [6.07, 6.45) is 0. The van der Waals surface area contributed by atoms with E-state index in [9.17, 15) is 0 Å². The predicted octanol–water partition coefficient (Wildman–Crippen LogP) is 14.1. The zero-order chi connectivity index (χ0) is 37.3. The maximum absolute atomic E-state index is 5.34. The Labute approximate surface area is 323 Å². The molecule has 2 nitrogen and oxygen atoms in total. The van der Waals surface area contributed by atoms with E-state index in [1.807, 2.05) is 0 Å². The molecular formula is C53H42N2. The Morgan fingerprint density at radius 2 is 0.818 bits per heavy atom. The Bertz CT molecular complexity index is 2970. The Hall–Kier alpha value is -6.51. The highest BCUT2D eigenvalue weighted by molar-refractivity contribution is 6.22. The maximum Gasteiger partial charge on any atom is 0.136 e. The summed E-state index contributed by atoms with van der Waals surface area (Å²) in [5.74, 6) is 1.01. The first-order chi connectivity index (χ1) is 26.8. The number of amidine groups is 1. The monoisotopic (exact) mass is 706 g/mol. The van der Waals surface area contributed by atoms with Gasteiger partial charge in [0.1, 0.15) is 5.84 Å². The van der Waals surface area contributed by atoms with Gasteiger partial charge in [-0.05, 0) is 134 Å². The second-order valence-corrected chi connectivity index (χ2v) is 16.0. The average Bonchev–Trinajstić information content (AvgIpc) is 3.42. The first-order valence-corrected chi connectivity index (χ1v) is 19.3. The minimum atomic E-state index is -0.264. The van der Waals surface area contributed by atoms with E-state index in [4.69, 9.17) is 4.99 Å². The fourth-order valence-electron chi connectivity index (χ4n) is 8.69. The average molecular weight is 707 g/mol. The van der Waals surface area contributed by atoms with Crippen molar-refractivity contribution in [2.45, 2.75) is 38.8 Å². The van der Waals surface area contributed by atoms with Gasteiger partial charge in [-0.25, -0.2) is 0 Å². The van der Waals surface area contributed by atoms with Gasteiger partial charge in [0.25, 0.3) is 0 Å². The Balaban J connectivity index is 1.17. The lowest BCUT2D eigenvalue weighted by Gasteiger charge is -2.41. The molecule has 0 saturated heterocycles. The van der Waals surface area contributed by atoms with Crippen LogP contribution >= 0.6 is 0 Å². The van der Waals surface area contributed by atoms with Crippen LogP contribution in [-0.4, -0.2) is 16.9 Å². The number of fused-ring (bicyclic) bond motifs is 4. The third-order valence-corrected chi connectivity index (χ3v) is 12.2. The van der Waals surface area contributed by atoms with Crippen LogP contribution < -0.4 is 4.90 Å². The van der Waals surface area contributed by atoms with Gasteiger partial charge in [-0.2, -0.15) is 0 Å². The first kappa shape index (κ1) is 33.1. The smallest absolute Gasteiger partial charge is 0.136 e. The van der Waals surface area contributed by atoms with Crippen molar-refractivity contribution in [2.75, 3.05) is 4.90 Å². The molecule has 1 aliphatic heterocycles. The molecule has 0 amide bonds. The second kappa shape index (κ2) is 12.5. The van der Waals surface area contributed by atoms with Gasteiger partial charge in [-0.3, -0.25) is 4.99 Å². The van der Waals surface area contributed by atoms with E-state index in [1.165, 1.54) is 76.5 Å². The van der Waals surface area contributed by atoms with Gasteiger partial charge in [0, 0.05) is 11.3 Å². The summed E-state index contributed by atoms with van der Waals surface area (Å²) in [5, 5.41) is 10.0. The van der Waals surface area contributed by atoms with E-state index in [-0.39, 0.29) is 11.1 Å². The molecule has 9 aromatic carbocycles. The topological polar surface area (TPSA) is 15.6 Å². The Morgan fingerprint density at radius 3 is 1.42 bits per heavy atom. The second-order valence-electron chi connectivity index (χ2n) is 16.0. The summed E-state index contributed by atoms with van der Waals surface area (Å²) in [7, 11) is 0. The van der Waals surface area contributed by atoms with Crippen LogP contribution in [0.5, 0.6) is 0 Å². The van der Waals surface area contributed by atoms with Gasteiger partial charge in [0.2, 0.25) is 0 Å². The first-order valence-electron chi connectivity index (χ1n) is 19.3. The molecular weight excluding hydrogens is 665 g/mol. The molecule has 1 aliphatic rings. The van der Waals surface area contributed by atoms with E-state index in [0.29, 0.717) is 0 Å². The highest BCUT2D eigenvalue weighted by Gasteiger charge is 2.49. The Kier molecular flexibility index (Phi) is 7.54. The molecule has 9 aromatic rings. The molecule has 0 radical (unpaired) electrons. The standard InChI is InChI=1S/C53H42N2/c1-52(2)53(3,4)55(44-18-6-5-7-19-44)51(54-52)38-26-22-37(23-27-38)41-30-31-47-48(34-41)50(43-29-25-36-15-9-11-17-40(36)33-43)46-21-13-12-20-45(46)49(47)42-28-24-35-14-8-10-16-39(35)32-42/h5-34H,1-4H3. The maximum atomic E-state index is 5.34. The summed E-state index contributed by atoms with van der Waals surface area (Å²) < 4.78 is 0. The van der Waals surface area contributed by atoms with Crippen LogP contribution in [0.4, 0.5) is 5.69 Å². The lowest BCUT2D eigenvalue weighted by molar-refractivity contribution is 0.338. The molecule has 0 bridgehead atoms. The van der Waals surface area contributed by atoms with E-state index in [2.05, 4.69) is 215 Å². The number of hydrogen-bond acceptors (Lipinski definition) is 2. The number of hydrogen-bond donors (Lipinski definition) is 0. The van der Waals surface area contributed by atoms with Gasteiger partial charge >= 0.3 is 0 Å². The summed E-state index contributed by atoms with van der Waals surface area (Å²) in [6.45, 7) is 9.07. The van der Waals surface area contributed by atoms with Crippen molar-refractivity contribution in [3.05, 3.63) is 188 Å². The lowest BCUT2D eigenvalue weighted by Crippen LogP contribution is -2.53. The van der Waals surface area contributed by atoms with Gasteiger partial charge in [0.15, 0.2) is 0 Å². The molecule has 0 unspecified atom stereocenters. The number of anilines is 1. The quantitative estimate of drug-likeness (QED) is 0.163. The zero-order valence-electron chi connectivity index (χ0n) is 31.7. The molecule has 0 spiro atoms. The van der Waals surface area contributed by atoms with E-state index in [0.717, 1.165) is 17.1 Å².